The van der Waals surface area contributed by atoms with E-state index >= 15 is 0 Å². The van der Waals surface area contributed by atoms with E-state index in [0.29, 0.717) is 22.8 Å². The number of phenols is 1. The van der Waals surface area contributed by atoms with Gasteiger partial charge in [0.2, 0.25) is 11.8 Å². The lowest BCUT2D eigenvalue weighted by atomic mass is 9.83. The number of phenolic OH excluding ortho intramolecular Hbond substituents is 1. The number of hydrogen-bond donors (Lipinski definition) is 3. The third-order valence-corrected chi connectivity index (χ3v) is 4.09. The Labute approximate surface area is 143 Å². The number of rotatable bonds is 2. The fourth-order valence-corrected chi connectivity index (χ4v) is 2.95. The third kappa shape index (κ3) is 2.37. The van der Waals surface area contributed by atoms with E-state index in [0.717, 1.165) is 5.56 Å². The number of hydrogen-bond acceptors (Lipinski definition) is 6. The first-order chi connectivity index (χ1) is 12.2. The summed E-state index contributed by atoms with van der Waals surface area (Å²) in [6, 6.07) is 14.3. The number of nitrogens with zero attached hydrogens (tertiary/aromatic N) is 3. The van der Waals surface area contributed by atoms with Crippen molar-refractivity contribution in [1.82, 2.24) is 15.2 Å². The Balaban J connectivity index is 1.95. The SMILES string of the molecule is N#CC1=C(N)Oc2n[nH]c(-c3ccccn3)c2C1c1ccc(O)cc1. The van der Waals surface area contributed by atoms with Crippen LogP contribution in [0.3, 0.4) is 0 Å². The summed E-state index contributed by atoms with van der Waals surface area (Å²) in [5.74, 6) is 0.0103. The zero-order valence-corrected chi connectivity index (χ0v) is 13.0. The molecule has 0 amide bonds. The second kappa shape index (κ2) is 5.69. The lowest BCUT2D eigenvalue weighted by Crippen LogP contribution is -2.21. The lowest BCUT2D eigenvalue weighted by molar-refractivity contribution is 0.379. The lowest BCUT2D eigenvalue weighted by Gasteiger charge is -2.24. The first-order valence-electron chi connectivity index (χ1n) is 7.55. The van der Waals surface area contributed by atoms with Gasteiger partial charge in [-0.05, 0) is 29.8 Å². The molecule has 7 heteroatoms. The van der Waals surface area contributed by atoms with Crippen LogP contribution in [0.4, 0.5) is 0 Å². The molecule has 1 unspecified atom stereocenters. The number of aromatic nitrogens is 3. The number of allylic oxidation sites excluding steroid dienone is 1. The van der Waals surface area contributed by atoms with Gasteiger partial charge in [-0.3, -0.25) is 10.1 Å². The maximum atomic E-state index is 9.61. The monoisotopic (exact) mass is 331 g/mol. The highest BCUT2D eigenvalue weighted by Crippen LogP contribution is 2.45. The van der Waals surface area contributed by atoms with Gasteiger partial charge in [0, 0.05) is 6.20 Å². The van der Waals surface area contributed by atoms with Crippen molar-refractivity contribution in [3.63, 3.8) is 0 Å². The van der Waals surface area contributed by atoms with Gasteiger partial charge < -0.3 is 15.6 Å². The van der Waals surface area contributed by atoms with Crippen LogP contribution in [0.1, 0.15) is 17.0 Å². The Morgan fingerprint density at radius 2 is 2.00 bits per heavy atom. The van der Waals surface area contributed by atoms with Gasteiger partial charge in [0.15, 0.2) is 0 Å². The van der Waals surface area contributed by atoms with Gasteiger partial charge in [0.1, 0.15) is 17.4 Å². The average molecular weight is 331 g/mol. The largest absolute Gasteiger partial charge is 0.508 e. The number of nitrogens with one attached hydrogen (secondary N) is 1. The van der Waals surface area contributed by atoms with Crippen molar-refractivity contribution in [1.29, 1.82) is 5.26 Å². The molecule has 7 nitrogen and oxygen atoms in total. The van der Waals surface area contributed by atoms with Crippen LogP contribution < -0.4 is 10.5 Å². The van der Waals surface area contributed by atoms with E-state index in [-0.39, 0.29) is 17.2 Å². The Morgan fingerprint density at radius 3 is 2.68 bits per heavy atom. The molecule has 0 fully saturated rings. The molecule has 3 aromatic rings. The summed E-state index contributed by atoms with van der Waals surface area (Å²) in [5, 5.41) is 26.3. The van der Waals surface area contributed by atoms with Crippen molar-refractivity contribution in [3.8, 4) is 29.1 Å². The van der Waals surface area contributed by atoms with Crippen LogP contribution in [0.25, 0.3) is 11.4 Å². The molecule has 1 atom stereocenters. The summed E-state index contributed by atoms with van der Waals surface area (Å²) < 4.78 is 5.53. The van der Waals surface area contributed by atoms with Crippen LogP contribution in [0.15, 0.2) is 60.1 Å². The molecule has 1 aliphatic heterocycles. The number of fused-ring (bicyclic) bond motifs is 1. The average Bonchev–Trinajstić information content (AvgIpc) is 3.05. The van der Waals surface area contributed by atoms with Gasteiger partial charge in [-0.15, -0.1) is 5.10 Å². The number of H-pyrrole nitrogens is 1. The fourth-order valence-electron chi connectivity index (χ4n) is 2.95. The quantitative estimate of drug-likeness (QED) is 0.663. The molecule has 25 heavy (non-hydrogen) atoms. The van der Waals surface area contributed by atoms with Crippen LogP contribution in [-0.4, -0.2) is 20.3 Å². The van der Waals surface area contributed by atoms with Crippen molar-refractivity contribution in [2.24, 2.45) is 5.73 Å². The van der Waals surface area contributed by atoms with Crippen molar-refractivity contribution >= 4 is 0 Å². The highest BCUT2D eigenvalue weighted by molar-refractivity contribution is 5.68. The summed E-state index contributed by atoms with van der Waals surface area (Å²) in [5.41, 5.74) is 9.04. The van der Waals surface area contributed by atoms with E-state index in [9.17, 15) is 10.4 Å². The number of nitriles is 1. The number of nitrogens with two attached hydrogens (primary N) is 1. The molecule has 1 aliphatic rings. The maximum Gasteiger partial charge on any atom is 0.244 e. The smallest absolute Gasteiger partial charge is 0.244 e. The van der Waals surface area contributed by atoms with Gasteiger partial charge in [-0.2, -0.15) is 5.26 Å². The zero-order valence-electron chi connectivity index (χ0n) is 13.0. The minimum absolute atomic E-state index is 0.0205. The van der Waals surface area contributed by atoms with Gasteiger partial charge in [-0.25, -0.2) is 0 Å². The van der Waals surface area contributed by atoms with E-state index in [1.54, 1.807) is 30.5 Å². The molecule has 4 rings (SSSR count). The fraction of sp³-hybridized carbons (Fsp3) is 0.0556. The van der Waals surface area contributed by atoms with Crippen molar-refractivity contribution in [3.05, 3.63) is 71.2 Å². The highest BCUT2D eigenvalue weighted by atomic mass is 16.5. The molecule has 0 saturated carbocycles. The minimum Gasteiger partial charge on any atom is -0.508 e. The van der Waals surface area contributed by atoms with Crippen molar-refractivity contribution in [2.45, 2.75) is 5.92 Å². The first kappa shape index (κ1) is 14.8. The number of pyridine rings is 1. The van der Waals surface area contributed by atoms with Gasteiger partial charge in [-0.1, -0.05) is 18.2 Å². The van der Waals surface area contributed by atoms with E-state index in [4.69, 9.17) is 10.5 Å². The minimum atomic E-state index is -0.467. The maximum absolute atomic E-state index is 9.61. The summed E-state index contributed by atoms with van der Waals surface area (Å²) in [6.07, 6.45) is 1.68. The number of aromatic hydroxyl groups is 1. The van der Waals surface area contributed by atoms with Crippen LogP contribution in [0, 0.1) is 11.3 Å². The van der Waals surface area contributed by atoms with Crippen LogP contribution in [-0.2, 0) is 0 Å². The van der Waals surface area contributed by atoms with Crippen LogP contribution >= 0.6 is 0 Å². The summed E-state index contributed by atoms with van der Waals surface area (Å²) in [6.45, 7) is 0. The van der Waals surface area contributed by atoms with Crippen LogP contribution in [0.5, 0.6) is 11.6 Å². The van der Waals surface area contributed by atoms with E-state index in [1.807, 2.05) is 18.2 Å². The van der Waals surface area contributed by atoms with Gasteiger partial charge >= 0.3 is 0 Å². The summed E-state index contributed by atoms with van der Waals surface area (Å²) >= 11 is 0. The molecule has 0 spiro atoms. The topological polar surface area (TPSA) is 121 Å². The number of ether oxygens (including phenoxy) is 1. The molecular weight excluding hydrogens is 318 g/mol. The van der Waals surface area contributed by atoms with E-state index in [1.165, 1.54) is 0 Å². The third-order valence-electron chi connectivity index (χ3n) is 4.09. The summed E-state index contributed by atoms with van der Waals surface area (Å²) in [7, 11) is 0. The van der Waals surface area contributed by atoms with Gasteiger partial charge in [0.05, 0.1) is 22.9 Å². The molecule has 122 valence electrons. The van der Waals surface area contributed by atoms with Crippen molar-refractivity contribution < 1.29 is 9.84 Å². The number of aromatic amines is 1. The Hall–Kier alpha value is -3.79. The highest BCUT2D eigenvalue weighted by Gasteiger charge is 2.35. The molecule has 0 saturated heterocycles. The zero-order chi connectivity index (χ0) is 17.4. The second-order valence-electron chi connectivity index (χ2n) is 5.55. The molecule has 4 N–H and O–H groups in total. The van der Waals surface area contributed by atoms with Crippen molar-refractivity contribution in [2.75, 3.05) is 0 Å². The first-order valence-corrected chi connectivity index (χ1v) is 7.55. The molecule has 1 aromatic carbocycles. The van der Waals surface area contributed by atoms with E-state index < -0.39 is 5.92 Å². The Morgan fingerprint density at radius 1 is 1.20 bits per heavy atom. The normalized spacial score (nSPS) is 16.0. The summed E-state index contributed by atoms with van der Waals surface area (Å²) in [4.78, 5) is 4.34. The molecule has 0 bridgehead atoms. The molecule has 0 aliphatic carbocycles. The molecule has 0 radical (unpaired) electrons. The number of benzene rings is 1. The Bertz CT molecular complexity index is 1000. The second-order valence-corrected chi connectivity index (χ2v) is 5.55. The van der Waals surface area contributed by atoms with Crippen LogP contribution in [0.2, 0.25) is 0 Å². The molecular formula is C18H13N5O2. The molecule has 2 aromatic heterocycles. The standard InChI is InChI=1S/C18H13N5O2/c19-9-12-14(10-4-6-11(24)7-5-10)15-16(13-3-1-2-8-21-13)22-23-18(15)25-17(12)20/h1-8,14,24H,20H2,(H,22,23). The Kier molecular flexibility index (Phi) is 3.36. The molecule has 3 heterocycles. The van der Waals surface area contributed by atoms with Gasteiger partial charge in [0.25, 0.3) is 0 Å². The van der Waals surface area contributed by atoms with E-state index in [2.05, 4.69) is 21.3 Å². The predicted octanol–water partition coefficient (Wildman–Crippen LogP) is 2.40. The predicted molar refractivity (Wildman–Crippen MR) is 89.2 cm³/mol.